The molecule has 1 rings (SSSR count). The highest BCUT2D eigenvalue weighted by molar-refractivity contribution is 7.54. The molecule has 0 radical (unpaired) electrons. The van der Waals surface area contributed by atoms with E-state index in [-0.39, 0.29) is 19.8 Å². The van der Waals surface area contributed by atoms with Gasteiger partial charge in [-0.25, -0.2) is 9.59 Å². The minimum atomic E-state index is -3.65. The van der Waals surface area contributed by atoms with Gasteiger partial charge in [0, 0.05) is 12.5 Å². The van der Waals surface area contributed by atoms with Gasteiger partial charge < -0.3 is 18.5 Å². The molecule has 0 aromatic carbocycles. The number of carbonyl (C=O) groups is 3. The van der Waals surface area contributed by atoms with Gasteiger partial charge in [-0.2, -0.15) is 0 Å². The van der Waals surface area contributed by atoms with Crippen molar-refractivity contribution in [3.63, 3.8) is 0 Å². The highest BCUT2D eigenvalue weighted by Crippen LogP contribution is 2.49. The Morgan fingerprint density at radius 2 is 1.45 bits per heavy atom. The summed E-state index contributed by atoms with van der Waals surface area (Å²) in [7, 11) is -3.65. The van der Waals surface area contributed by atoms with Gasteiger partial charge in [-0.05, 0) is 68.2 Å². The van der Waals surface area contributed by atoms with E-state index >= 15 is 0 Å². The second-order valence-corrected chi connectivity index (χ2v) is 11.5. The first-order valence-corrected chi connectivity index (χ1v) is 12.5. The third-order valence-electron chi connectivity index (χ3n) is 4.32. The van der Waals surface area contributed by atoms with E-state index < -0.39 is 54.8 Å². The first kappa shape index (κ1) is 27.6. The Hall–Kier alpha value is -1.44. The fraction of sp³-hybridized carbons (Fsp3) is 0.857. The predicted octanol–water partition coefficient (Wildman–Crippen LogP) is 4.18. The van der Waals surface area contributed by atoms with Gasteiger partial charge in [0.05, 0.1) is 13.2 Å². The number of ether oxygens (including phenoxy) is 2. The van der Waals surface area contributed by atoms with Crippen LogP contribution in [0.25, 0.3) is 0 Å². The van der Waals surface area contributed by atoms with Crippen LogP contribution in [0.15, 0.2) is 0 Å². The molecule has 180 valence electrons. The van der Waals surface area contributed by atoms with Gasteiger partial charge in [0.2, 0.25) is 0 Å². The molecule has 9 nitrogen and oxygen atoms in total. The molecule has 31 heavy (non-hydrogen) atoms. The van der Waals surface area contributed by atoms with E-state index in [2.05, 4.69) is 0 Å². The predicted molar refractivity (Wildman–Crippen MR) is 116 cm³/mol. The van der Waals surface area contributed by atoms with Crippen molar-refractivity contribution < 1.29 is 37.5 Å². The lowest BCUT2D eigenvalue weighted by atomic mass is 9.86. The lowest BCUT2D eigenvalue weighted by Crippen LogP contribution is -2.57. The standard InChI is InChI=1S/C21H38NO8P/c1-9-27-31(26,28-10-2)14-16(23)15-12-11-13-22(19(25)30-21(6,7)8)17(15)18(24)29-20(3,4)5/h15,17H,9-14H2,1-8H3/t15-,17-/m0/s1. The molecule has 1 aliphatic heterocycles. The number of piperidine rings is 1. The molecule has 0 aliphatic carbocycles. The first-order chi connectivity index (χ1) is 14.1. The zero-order chi connectivity index (χ0) is 24.0. The first-order valence-electron chi connectivity index (χ1n) is 10.8. The minimum absolute atomic E-state index is 0.120. The minimum Gasteiger partial charge on any atom is -0.458 e. The zero-order valence-electron chi connectivity index (χ0n) is 20.1. The Kier molecular flexibility index (Phi) is 9.72. The van der Waals surface area contributed by atoms with Gasteiger partial charge in [0.1, 0.15) is 23.4 Å². The van der Waals surface area contributed by atoms with Crippen molar-refractivity contribution in [2.45, 2.75) is 85.5 Å². The van der Waals surface area contributed by atoms with Crippen molar-refractivity contribution >= 4 is 25.4 Å². The average molecular weight is 464 g/mol. The Morgan fingerprint density at radius 1 is 0.935 bits per heavy atom. The molecule has 2 atom stereocenters. The maximum atomic E-state index is 13.2. The van der Waals surface area contributed by atoms with Gasteiger partial charge in [-0.3, -0.25) is 14.3 Å². The number of ketones is 1. The van der Waals surface area contributed by atoms with Crippen LogP contribution in [0, 0.1) is 5.92 Å². The Labute approximate surface area is 185 Å². The summed E-state index contributed by atoms with van der Waals surface area (Å²) < 4.78 is 34.3. The number of hydrogen-bond acceptors (Lipinski definition) is 8. The van der Waals surface area contributed by atoms with Gasteiger partial charge >= 0.3 is 19.7 Å². The zero-order valence-corrected chi connectivity index (χ0v) is 21.0. The van der Waals surface area contributed by atoms with Crippen LogP contribution in [0.4, 0.5) is 4.79 Å². The van der Waals surface area contributed by atoms with Gasteiger partial charge in [-0.15, -0.1) is 0 Å². The summed E-state index contributed by atoms with van der Waals surface area (Å²) in [6, 6.07) is -1.17. The maximum Gasteiger partial charge on any atom is 0.411 e. The summed E-state index contributed by atoms with van der Waals surface area (Å²) in [5.74, 6) is -2.06. The molecule has 0 N–H and O–H groups in total. The van der Waals surface area contributed by atoms with Crippen LogP contribution in [0.3, 0.4) is 0 Å². The van der Waals surface area contributed by atoms with Gasteiger partial charge in [0.25, 0.3) is 0 Å². The van der Waals surface area contributed by atoms with E-state index in [0.717, 1.165) is 0 Å². The van der Waals surface area contributed by atoms with Gasteiger partial charge in [-0.1, -0.05) is 0 Å². The second kappa shape index (κ2) is 10.9. The summed E-state index contributed by atoms with van der Waals surface area (Å²) in [6.07, 6.45) is -0.331. The third-order valence-corrected chi connectivity index (χ3v) is 6.32. The van der Waals surface area contributed by atoms with Crippen molar-refractivity contribution in [1.82, 2.24) is 4.90 Å². The molecule has 0 aromatic rings. The summed E-state index contributed by atoms with van der Waals surface area (Å²) in [5.41, 5.74) is -1.58. The molecule has 0 unspecified atom stereocenters. The molecule has 10 heteroatoms. The highest BCUT2D eigenvalue weighted by Gasteiger charge is 2.47. The van der Waals surface area contributed by atoms with Crippen molar-refractivity contribution in [3.05, 3.63) is 0 Å². The fourth-order valence-electron chi connectivity index (χ4n) is 3.34. The van der Waals surface area contributed by atoms with E-state index in [1.165, 1.54) is 4.90 Å². The molecule has 0 saturated carbocycles. The number of carbonyl (C=O) groups excluding carboxylic acids is 3. The largest absolute Gasteiger partial charge is 0.458 e. The number of Topliss-reactive ketones (excluding diaryl/α,β-unsaturated/α-hetero) is 1. The topological polar surface area (TPSA) is 108 Å². The lowest BCUT2D eigenvalue weighted by molar-refractivity contribution is -0.166. The van der Waals surface area contributed by atoms with Crippen LogP contribution in [0.2, 0.25) is 0 Å². The molecule has 1 amide bonds. The molecular formula is C21H38NO8P. The van der Waals surface area contributed by atoms with Crippen molar-refractivity contribution in [2.75, 3.05) is 25.9 Å². The molecule has 0 bridgehead atoms. The van der Waals surface area contributed by atoms with Crippen molar-refractivity contribution in [3.8, 4) is 0 Å². The quantitative estimate of drug-likeness (QED) is 0.390. The van der Waals surface area contributed by atoms with Crippen LogP contribution in [0.1, 0.15) is 68.2 Å². The van der Waals surface area contributed by atoms with Crippen LogP contribution < -0.4 is 0 Å². The Balaban J connectivity index is 3.24. The van der Waals surface area contributed by atoms with Crippen molar-refractivity contribution in [1.29, 1.82) is 0 Å². The van der Waals surface area contributed by atoms with Gasteiger partial charge in [0.15, 0.2) is 5.78 Å². The Bertz CT molecular complexity index is 684. The second-order valence-electron chi connectivity index (χ2n) is 9.47. The highest BCUT2D eigenvalue weighted by atomic mass is 31.2. The average Bonchev–Trinajstić information content (AvgIpc) is 2.58. The number of rotatable bonds is 8. The van der Waals surface area contributed by atoms with E-state index in [9.17, 15) is 18.9 Å². The normalized spacial score (nSPS) is 20.3. The van der Waals surface area contributed by atoms with Crippen molar-refractivity contribution in [2.24, 2.45) is 5.92 Å². The molecule has 1 fully saturated rings. The lowest BCUT2D eigenvalue weighted by Gasteiger charge is -2.40. The van der Waals surface area contributed by atoms with E-state index in [0.29, 0.717) is 12.8 Å². The van der Waals surface area contributed by atoms with E-state index in [1.807, 2.05) is 0 Å². The van der Waals surface area contributed by atoms with Crippen LogP contribution >= 0.6 is 7.60 Å². The smallest absolute Gasteiger partial charge is 0.411 e. The molecule has 1 aliphatic rings. The van der Waals surface area contributed by atoms with E-state index in [4.69, 9.17) is 18.5 Å². The molecule has 1 heterocycles. The van der Waals surface area contributed by atoms with Crippen LogP contribution in [-0.4, -0.2) is 65.9 Å². The van der Waals surface area contributed by atoms with Crippen LogP contribution in [-0.2, 0) is 32.7 Å². The molecular weight excluding hydrogens is 425 g/mol. The molecule has 1 saturated heterocycles. The number of hydrogen-bond donors (Lipinski definition) is 0. The number of nitrogens with zero attached hydrogens (tertiary/aromatic N) is 1. The Morgan fingerprint density at radius 3 is 1.90 bits per heavy atom. The van der Waals surface area contributed by atoms with E-state index in [1.54, 1.807) is 55.4 Å². The monoisotopic (exact) mass is 463 g/mol. The summed E-state index contributed by atoms with van der Waals surface area (Å²) in [5, 5.41) is 0. The number of likely N-dealkylation sites (tertiary alicyclic amines) is 1. The van der Waals surface area contributed by atoms with Crippen LogP contribution in [0.5, 0.6) is 0 Å². The number of esters is 1. The maximum absolute atomic E-state index is 13.2. The molecule has 0 aromatic heterocycles. The summed E-state index contributed by atoms with van der Waals surface area (Å²) in [4.78, 5) is 40.3. The SMILES string of the molecule is CCOP(=O)(CC(=O)[C@@H]1CCCN(C(=O)OC(C)(C)C)[C@@H]1C(=O)OC(C)(C)C)OCC. The third kappa shape index (κ3) is 8.91. The fourth-order valence-corrected chi connectivity index (χ4v) is 5.00. The summed E-state index contributed by atoms with van der Waals surface area (Å²) in [6.45, 7) is 14.1. The summed E-state index contributed by atoms with van der Waals surface area (Å²) >= 11 is 0. The molecule has 0 spiro atoms. The number of amides is 1.